The summed E-state index contributed by atoms with van der Waals surface area (Å²) in [5.74, 6) is -1.89. The zero-order valence-corrected chi connectivity index (χ0v) is 25.2. The van der Waals surface area contributed by atoms with Crippen LogP contribution >= 0.6 is 0 Å². The Morgan fingerprint density at radius 1 is 0.674 bits per heavy atom. The molecule has 3 aromatic rings. The molecule has 5 heterocycles. The first kappa shape index (κ1) is 29.9. The van der Waals surface area contributed by atoms with Gasteiger partial charge in [-0.2, -0.15) is 8.42 Å². The molecule has 0 saturated carbocycles. The number of hydrogen-bond acceptors (Lipinski definition) is 6. The van der Waals surface area contributed by atoms with Gasteiger partial charge < -0.3 is 20.2 Å². The van der Waals surface area contributed by atoms with Crippen molar-refractivity contribution in [1.29, 1.82) is 0 Å². The number of nitrogens with one attached hydrogen (secondary N) is 2. The fourth-order valence-corrected chi connectivity index (χ4v) is 6.53. The lowest BCUT2D eigenvalue weighted by atomic mass is 10.00. The molecule has 0 unspecified atom stereocenters. The number of aliphatic carboxylic acids is 2. The highest BCUT2D eigenvalue weighted by molar-refractivity contribution is 7.86. The molecular weight excluding hydrogens is 572 g/mol. The maximum atomic E-state index is 12.5. The molecule has 43 heavy (non-hydrogen) atoms. The minimum absolute atomic E-state index is 0.0857. The number of rotatable bonds is 7. The van der Waals surface area contributed by atoms with Crippen molar-refractivity contribution in [3.05, 3.63) is 63.7 Å². The van der Waals surface area contributed by atoms with E-state index in [1.165, 1.54) is 0 Å². The molecule has 0 aromatic carbocycles. The number of nitrogens with zero attached hydrogens (tertiary/aromatic N) is 2. The van der Waals surface area contributed by atoms with Crippen LogP contribution in [0.25, 0.3) is 44.4 Å². The number of aromatic nitrogens is 4. The second-order valence-corrected chi connectivity index (χ2v) is 12.3. The number of carbonyl (C=O) groups is 2. The summed E-state index contributed by atoms with van der Waals surface area (Å²) >= 11 is 0. The molecular formula is C31H32N4O7S. The molecule has 5 rings (SSSR count). The number of hydrogen-bond donors (Lipinski definition) is 5. The van der Waals surface area contributed by atoms with Crippen molar-refractivity contribution in [3.63, 3.8) is 0 Å². The number of allylic oxidation sites excluding steroid dienone is 4. The monoisotopic (exact) mass is 604 g/mol. The first-order valence-electron chi connectivity index (χ1n) is 13.7. The Morgan fingerprint density at radius 2 is 1.19 bits per heavy atom. The highest BCUT2D eigenvalue weighted by atomic mass is 32.2. The Bertz CT molecular complexity index is 2060. The van der Waals surface area contributed by atoms with E-state index in [0.717, 1.165) is 33.4 Å². The summed E-state index contributed by atoms with van der Waals surface area (Å²) in [6.45, 7) is 9.09. The molecule has 3 aromatic heterocycles. The third kappa shape index (κ3) is 5.63. The smallest absolute Gasteiger partial charge is 0.303 e. The molecule has 2 aliphatic heterocycles. The van der Waals surface area contributed by atoms with Crippen molar-refractivity contribution >= 4 is 66.4 Å². The number of aryl methyl sites for hydroxylation is 3. The van der Waals surface area contributed by atoms with Crippen molar-refractivity contribution in [1.82, 2.24) is 19.9 Å². The van der Waals surface area contributed by atoms with E-state index in [-0.39, 0.29) is 36.1 Å². The van der Waals surface area contributed by atoms with Crippen LogP contribution in [0.4, 0.5) is 0 Å². The number of H-pyrrole nitrogens is 2. The molecule has 5 N–H and O–H groups in total. The van der Waals surface area contributed by atoms with E-state index in [2.05, 4.69) is 9.97 Å². The van der Waals surface area contributed by atoms with E-state index in [1.807, 2.05) is 33.8 Å². The van der Waals surface area contributed by atoms with E-state index >= 15 is 0 Å². The van der Waals surface area contributed by atoms with E-state index in [0.29, 0.717) is 44.9 Å². The third-order valence-electron chi connectivity index (χ3n) is 8.23. The quantitative estimate of drug-likeness (QED) is 0.203. The zero-order valence-electron chi connectivity index (χ0n) is 24.4. The Labute approximate surface area is 247 Å². The normalized spacial score (nSPS) is 13.6. The third-order valence-corrected chi connectivity index (χ3v) is 9.27. The SMILES string of the molecule is CC1=C(C)c2cc3[nH]c(cc4[nH]c(cc5nc(cc1n2)C(C)=C5CCC(=O)O)c(CCC(=O)O)c4C)c(C)c3S(=O)(=O)O. The molecule has 11 nitrogen and oxygen atoms in total. The standard InChI is InChI=1S/C31H32N4O7S/c1-14-15(2)22-12-28-31(43(40,41)42)18(5)25(35-28)11-24-17(4)20(7-9-30(38)39)27(34-24)13-26-19(6-8-29(36)37)16(3)23(33-26)10-21(14)32-22/h10-13,34-35H,6-9H2,1-5H3,(H,36,37)(H,38,39)(H,40,41,42). The predicted molar refractivity (Wildman–Crippen MR) is 164 cm³/mol. The molecule has 8 bridgehead atoms. The molecule has 0 radical (unpaired) electrons. The van der Waals surface area contributed by atoms with Crippen LogP contribution in [-0.4, -0.2) is 55.1 Å². The van der Waals surface area contributed by atoms with Crippen LogP contribution < -0.4 is 0 Å². The van der Waals surface area contributed by atoms with Gasteiger partial charge in [-0.15, -0.1) is 0 Å². The van der Waals surface area contributed by atoms with Crippen molar-refractivity contribution < 1.29 is 32.8 Å². The highest BCUT2D eigenvalue weighted by Gasteiger charge is 2.23. The first-order valence-corrected chi connectivity index (χ1v) is 15.1. The molecule has 0 saturated heterocycles. The number of fused-ring (bicyclic) bond motifs is 8. The minimum Gasteiger partial charge on any atom is -0.481 e. The van der Waals surface area contributed by atoms with Gasteiger partial charge in [0.2, 0.25) is 0 Å². The van der Waals surface area contributed by atoms with Gasteiger partial charge in [-0.3, -0.25) is 14.1 Å². The summed E-state index contributed by atoms with van der Waals surface area (Å²) < 4.78 is 35.2. The predicted octanol–water partition coefficient (Wildman–Crippen LogP) is 5.94. The number of carboxylic acids is 2. The summed E-state index contributed by atoms with van der Waals surface area (Å²) in [6, 6.07) is 6.94. The van der Waals surface area contributed by atoms with E-state index in [9.17, 15) is 32.8 Å². The molecule has 0 atom stereocenters. The Balaban J connectivity index is 1.96. The Kier molecular flexibility index (Phi) is 7.61. The molecule has 2 aliphatic rings. The molecule has 0 amide bonds. The van der Waals surface area contributed by atoms with Gasteiger partial charge in [-0.25, -0.2) is 9.97 Å². The fourth-order valence-electron chi connectivity index (χ4n) is 5.64. The van der Waals surface area contributed by atoms with Crippen LogP contribution in [0.2, 0.25) is 0 Å². The Morgan fingerprint density at radius 3 is 1.81 bits per heavy atom. The minimum atomic E-state index is -4.61. The molecule has 0 spiro atoms. The van der Waals surface area contributed by atoms with Crippen molar-refractivity contribution in [2.45, 2.75) is 65.2 Å². The van der Waals surface area contributed by atoms with Crippen LogP contribution in [0.3, 0.4) is 0 Å². The summed E-state index contributed by atoms with van der Waals surface area (Å²) in [5.41, 5.74) is 9.25. The number of carboxylic acid groups (broad SMARTS) is 2. The number of aromatic amines is 2. The topological polar surface area (TPSA) is 186 Å². The Hall–Kier alpha value is -4.55. The van der Waals surface area contributed by atoms with Gasteiger partial charge in [0.05, 0.1) is 28.3 Å². The zero-order chi connectivity index (χ0) is 31.4. The van der Waals surface area contributed by atoms with Gasteiger partial charge in [0, 0.05) is 29.4 Å². The molecule has 0 aliphatic carbocycles. The second-order valence-electron chi connectivity index (χ2n) is 10.9. The van der Waals surface area contributed by atoms with E-state index in [1.54, 1.807) is 25.1 Å². The van der Waals surface area contributed by atoms with Crippen LogP contribution in [0.1, 0.15) is 79.5 Å². The van der Waals surface area contributed by atoms with Gasteiger partial charge in [0.1, 0.15) is 4.90 Å². The van der Waals surface area contributed by atoms with Crippen LogP contribution in [0, 0.1) is 13.8 Å². The molecule has 12 heteroatoms. The molecule has 0 fully saturated rings. The van der Waals surface area contributed by atoms with Gasteiger partial charge in [0.15, 0.2) is 0 Å². The highest BCUT2D eigenvalue weighted by Crippen LogP contribution is 2.37. The average Bonchev–Trinajstić information content (AvgIpc) is 3.56. The van der Waals surface area contributed by atoms with Crippen LogP contribution in [0.5, 0.6) is 0 Å². The maximum absolute atomic E-state index is 12.5. The van der Waals surface area contributed by atoms with Gasteiger partial charge >= 0.3 is 11.9 Å². The first-order chi connectivity index (χ1) is 20.1. The largest absolute Gasteiger partial charge is 0.481 e. The van der Waals surface area contributed by atoms with Crippen molar-refractivity contribution in [2.24, 2.45) is 0 Å². The summed E-state index contributed by atoms with van der Waals surface area (Å²) in [5, 5.41) is 18.8. The lowest BCUT2D eigenvalue weighted by molar-refractivity contribution is -0.137. The van der Waals surface area contributed by atoms with E-state index < -0.39 is 22.1 Å². The summed E-state index contributed by atoms with van der Waals surface area (Å²) in [7, 11) is -4.61. The van der Waals surface area contributed by atoms with Gasteiger partial charge in [-0.1, -0.05) is 0 Å². The maximum Gasteiger partial charge on any atom is 0.303 e. The second kappa shape index (κ2) is 10.9. The van der Waals surface area contributed by atoms with Crippen LogP contribution in [-0.2, 0) is 26.1 Å². The van der Waals surface area contributed by atoms with Crippen molar-refractivity contribution in [2.75, 3.05) is 0 Å². The van der Waals surface area contributed by atoms with E-state index in [4.69, 9.17) is 9.97 Å². The fraction of sp³-hybridized carbons (Fsp3) is 0.290. The lowest BCUT2D eigenvalue weighted by Crippen LogP contribution is -1.98. The van der Waals surface area contributed by atoms with Crippen molar-refractivity contribution in [3.8, 4) is 0 Å². The van der Waals surface area contributed by atoms with Gasteiger partial charge in [-0.05, 0) is 111 Å². The molecule has 224 valence electrons. The lowest BCUT2D eigenvalue weighted by Gasteiger charge is -2.03. The van der Waals surface area contributed by atoms with Crippen LogP contribution in [0.15, 0.2) is 29.2 Å². The van der Waals surface area contributed by atoms with Gasteiger partial charge in [0.25, 0.3) is 10.1 Å². The average molecular weight is 605 g/mol. The summed E-state index contributed by atoms with van der Waals surface area (Å²) in [6.07, 6.45) is 0.273. The summed E-state index contributed by atoms with van der Waals surface area (Å²) in [4.78, 5) is 38.8.